The van der Waals surface area contributed by atoms with Crippen molar-refractivity contribution in [2.45, 2.75) is 6.92 Å². The molecule has 1 aromatic heterocycles. The highest BCUT2D eigenvalue weighted by Gasteiger charge is 2.04. The number of hydrogen-bond acceptors (Lipinski definition) is 5. The zero-order valence-electron chi connectivity index (χ0n) is 9.14. The van der Waals surface area contributed by atoms with Gasteiger partial charge in [0.05, 0.1) is 12.4 Å². The van der Waals surface area contributed by atoms with E-state index in [1.165, 1.54) is 12.4 Å². The van der Waals surface area contributed by atoms with Gasteiger partial charge in [-0.05, 0) is 24.6 Å². The van der Waals surface area contributed by atoms with E-state index in [-0.39, 0.29) is 0 Å². The Labute approximate surface area is 107 Å². The molecule has 0 saturated carbocycles. The summed E-state index contributed by atoms with van der Waals surface area (Å²) in [5.74, 6) is 6.82. The van der Waals surface area contributed by atoms with E-state index in [9.17, 15) is 0 Å². The molecule has 0 amide bonds. The van der Waals surface area contributed by atoms with E-state index in [0.717, 1.165) is 15.8 Å². The molecule has 6 heteroatoms. The van der Waals surface area contributed by atoms with Crippen LogP contribution < -0.4 is 16.0 Å². The first-order valence-corrected chi connectivity index (χ1v) is 5.71. The number of nitrogens with two attached hydrogens (primary N) is 1. The Bertz CT molecular complexity index is 533. The molecule has 0 fully saturated rings. The number of nitrogens with one attached hydrogen (secondary N) is 1. The molecule has 0 bridgehead atoms. The third-order valence-corrected chi connectivity index (χ3v) is 2.62. The van der Waals surface area contributed by atoms with E-state index < -0.39 is 0 Å². The predicted octanol–water partition coefficient (Wildman–Crippen LogP) is 2.63. The smallest absolute Gasteiger partial charge is 0.239 e. The molecule has 1 heterocycles. The van der Waals surface area contributed by atoms with Crippen LogP contribution in [-0.2, 0) is 0 Å². The second-order valence-corrected chi connectivity index (χ2v) is 4.31. The van der Waals surface area contributed by atoms with Crippen molar-refractivity contribution in [2.24, 2.45) is 5.84 Å². The first-order chi connectivity index (χ1) is 8.19. The second-order valence-electron chi connectivity index (χ2n) is 3.40. The summed E-state index contributed by atoms with van der Waals surface area (Å²) in [4.78, 5) is 8.08. The van der Waals surface area contributed by atoms with Crippen LogP contribution in [0, 0.1) is 6.92 Å². The van der Waals surface area contributed by atoms with Gasteiger partial charge >= 0.3 is 0 Å². The number of nitrogens with zero attached hydrogens (tertiary/aromatic N) is 2. The lowest BCUT2D eigenvalue weighted by Crippen LogP contribution is -2.09. The molecular formula is C11H11BrN4O. The minimum absolute atomic E-state index is 0.390. The number of halogens is 1. The maximum absolute atomic E-state index is 5.63. The van der Waals surface area contributed by atoms with E-state index >= 15 is 0 Å². The van der Waals surface area contributed by atoms with Crippen LogP contribution in [0.2, 0.25) is 0 Å². The third kappa shape index (κ3) is 2.92. The first kappa shape index (κ1) is 11.8. The van der Waals surface area contributed by atoms with Gasteiger partial charge < -0.3 is 10.2 Å². The number of nitrogen functional groups attached to an aromatic ring is 1. The molecule has 17 heavy (non-hydrogen) atoms. The lowest BCUT2D eigenvalue weighted by Gasteiger charge is -2.08. The minimum atomic E-state index is 0.390. The molecule has 88 valence electrons. The van der Waals surface area contributed by atoms with Crippen LogP contribution in [0.1, 0.15) is 5.56 Å². The summed E-state index contributed by atoms with van der Waals surface area (Å²) in [6.45, 7) is 1.96. The Morgan fingerprint density at radius 1 is 1.35 bits per heavy atom. The van der Waals surface area contributed by atoms with Crippen molar-refractivity contribution in [2.75, 3.05) is 5.43 Å². The van der Waals surface area contributed by atoms with Crippen LogP contribution >= 0.6 is 15.9 Å². The maximum atomic E-state index is 5.63. The zero-order valence-corrected chi connectivity index (χ0v) is 10.7. The van der Waals surface area contributed by atoms with Crippen molar-refractivity contribution in [1.82, 2.24) is 9.97 Å². The Kier molecular flexibility index (Phi) is 3.55. The predicted molar refractivity (Wildman–Crippen MR) is 68.8 cm³/mol. The fourth-order valence-corrected chi connectivity index (χ4v) is 1.60. The summed E-state index contributed by atoms with van der Waals surface area (Å²) in [6, 6.07) is 5.78. The largest absolute Gasteiger partial charge is 0.437 e. The molecule has 5 nitrogen and oxygen atoms in total. The van der Waals surface area contributed by atoms with Crippen LogP contribution in [0.5, 0.6) is 11.6 Å². The average Bonchev–Trinajstić information content (AvgIpc) is 2.34. The van der Waals surface area contributed by atoms with Gasteiger partial charge in [0.2, 0.25) is 5.88 Å². The molecule has 1 aromatic carbocycles. The first-order valence-electron chi connectivity index (χ1n) is 4.91. The summed E-state index contributed by atoms with van der Waals surface area (Å²) < 4.78 is 6.58. The van der Waals surface area contributed by atoms with E-state index in [0.29, 0.717) is 11.7 Å². The van der Waals surface area contributed by atoms with E-state index in [2.05, 4.69) is 31.3 Å². The quantitative estimate of drug-likeness (QED) is 0.672. The van der Waals surface area contributed by atoms with Crippen LogP contribution in [0.15, 0.2) is 35.1 Å². The van der Waals surface area contributed by atoms with E-state index in [1.54, 1.807) is 0 Å². The van der Waals surface area contributed by atoms with Gasteiger partial charge in [-0.15, -0.1) is 0 Å². The van der Waals surface area contributed by atoms with Crippen molar-refractivity contribution < 1.29 is 4.74 Å². The molecule has 2 rings (SSSR count). The highest BCUT2D eigenvalue weighted by molar-refractivity contribution is 9.10. The molecule has 0 atom stereocenters. The summed E-state index contributed by atoms with van der Waals surface area (Å²) in [6.07, 6.45) is 3.04. The normalized spacial score (nSPS) is 10.1. The van der Waals surface area contributed by atoms with Crippen molar-refractivity contribution in [3.8, 4) is 11.6 Å². The number of aromatic nitrogens is 2. The van der Waals surface area contributed by atoms with Gasteiger partial charge in [0, 0.05) is 4.47 Å². The van der Waals surface area contributed by atoms with Gasteiger partial charge in [-0.1, -0.05) is 22.0 Å². The number of hydrazine groups is 1. The summed E-state index contributed by atoms with van der Waals surface area (Å²) in [5.41, 5.74) is 3.43. The van der Waals surface area contributed by atoms with Gasteiger partial charge in [0.25, 0.3) is 0 Å². The lowest BCUT2D eigenvalue weighted by atomic mass is 10.2. The van der Waals surface area contributed by atoms with Crippen LogP contribution in [0.3, 0.4) is 0 Å². The fourth-order valence-electron chi connectivity index (χ4n) is 1.26. The molecular weight excluding hydrogens is 284 g/mol. The molecule has 0 unspecified atom stereocenters. The van der Waals surface area contributed by atoms with Gasteiger partial charge in [0.15, 0.2) is 5.82 Å². The standard InChI is InChI=1S/C11H11BrN4O/c1-7-2-3-8(12)4-9(7)17-11-6-14-5-10(15-11)16-13/h2-6H,13H2,1H3,(H,15,16). The summed E-state index contributed by atoms with van der Waals surface area (Å²) >= 11 is 3.39. The third-order valence-electron chi connectivity index (χ3n) is 2.13. The van der Waals surface area contributed by atoms with Crippen molar-refractivity contribution in [3.05, 3.63) is 40.6 Å². The molecule has 2 aromatic rings. The zero-order chi connectivity index (χ0) is 12.3. The molecule has 3 N–H and O–H groups in total. The van der Waals surface area contributed by atoms with Crippen molar-refractivity contribution in [1.29, 1.82) is 0 Å². The van der Waals surface area contributed by atoms with E-state index in [4.69, 9.17) is 10.6 Å². The molecule has 0 spiro atoms. The number of hydrogen-bond donors (Lipinski definition) is 2. The summed E-state index contributed by atoms with van der Waals surface area (Å²) in [5, 5.41) is 0. The Balaban J connectivity index is 2.27. The van der Waals surface area contributed by atoms with Crippen LogP contribution in [-0.4, -0.2) is 9.97 Å². The van der Waals surface area contributed by atoms with Crippen molar-refractivity contribution in [3.63, 3.8) is 0 Å². The molecule has 0 radical (unpaired) electrons. The van der Waals surface area contributed by atoms with Crippen LogP contribution in [0.4, 0.5) is 5.82 Å². The number of aryl methyl sites for hydroxylation is 1. The van der Waals surface area contributed by atoms with Crippen LogP contribution in [0.25, 0.3) is 0 Å². The maximum Gasteiger partial charge on any atom is 0.239 e. The monoisotopic (exact) mass is 294 g/mol. The topological polar surface area (TPSA) is 73.1 Å². The molecule has 0 aliphatic carbocycles. The highest BCUT2D eigenvalue weighted by atomic mass is 79.9. The summed E-state index contributed by atoms with van der Waals surface area (Å²) in [7, 11) is 0. The fraction of sp³-hybridized carbons (Fsp3) is 0.0909. The van der Waals surface area contributed by atoms with Gasteiger partial charge in [-0.2, -0.15) is 4.98 Å². The average molecular weight is 295 g/mol. The number of anilines is 1. The Morgan fingerprint density at radius 2 is 2.18 bits per heavy atom. The lowest BCUT2D eigenvalue weighted by molar-refractivity contribution is 0.457. The van der Waals surface area contributed by atoms with Gasteiger partial charge in [0.1, 0.15) is 5.75 Å². The highest BCUT2D eigenvalue weighted by Crippen LogP contribution is 2.27. The second kappa shape index (κ2) is 5.11. The van der Waals surface area contributed by atoms with Gasteiger partial charge in [-0.3, -0.25) is 4.98 Å². The Morgan fingerprint density at radius 3 is 2.94 bits per heavy atom. The molecule has 0 aliphatic heterocycles. The number of rotatable bonds is 3. The molecule has 0 saturated heterocycles. The minimum Gasteiger partial charge on any atom is -0.437 e. The molecule has 0 aliphatic rings. The number of ether oxygens (including phenoxy) is 1. The van der Waals surface area contributed by atoms with Crippen molar-refractivity contribution >= 4 is 21.7 Å². The SMILES string of the molecule is Cc1ccc(Br)cc1Oc1cncc(NN)n1. The Hall–Kier alpha value is -1.66. The number of benzene rings is 1. The van der Waals surface area contributed by atoms with Gasteiger partial charge in [-0.25, -0.2) is 5.84 Å². The van der Waals surface area contributed by atoms with E-state index in [1.807, 2.05) is 25.1 Å².